The van der Waals surface area contributed by atoms with Crippen LogP contribution in [0.1, 0.15) is 34.6 Å². The van der Waals surface area contributed by atoms with Crippen LogP contribution in [0.4, 0.5) is 0 Å². The molecule has 0 heterocycles. The molecular weight excluding hydrogens is 124 g/mol. The molecule has 0 saturated carbocycles. The largest absolute Gasteiger partial charge is 0.389 e. The second kappa shape index (κ2) is 2.64. The van der Waals surface area contributed by atoms with Gasteiger partial charge in [0.1, 0.15) is 0 Å². The van der Waals surface area contributed by atoms with Crippen LogP contribution in [0.3, 0.4) is 0 Å². The van der Waals surface area contributed by atoms with Crippen LogP contribution in [-0.4, -0.2) is 10.7 Å². The van der Waals surface area contributed by atoms with Crippen LogP contribution in [0.5, 0.6) is 0 Å². The van der Waals surface area contributed by atoms with Crippen molar-refractivity contribution in [2.45, 2.75) is 40.2 Å². The molecule has 0 atom stereocenters. The first kappa shape index (κ1) is 9.52. The summed E-state index contributed by atoms with van der Waals surface area (Å²) in [5.41, 5.74) is -1.04. The Morgan fingerprint density at radius 2 is 1.50 bits per heavy atom. The molecule has 0 radical (unpaired) electrons. The zero-order valence-corrected chi connectivity index (χ0v) is 7.45. The number of rotatable bonds is 1. The molecule has 0 fully saturated rings. The molecule has 0 bridgehead atoms. The normalized spacial score (nSPS) is 12.2. The zero-order chi connectivity index (χ0) is 8.41. The average molecular weight is 140 g/mol. The van der Waals surface area contributed by atoms with Crippen LogP contribution in [-0.2, 0) is 0 Å². The molecule has 0 saturated heterocycles. The maximum absolute atomic E-state index is 9.57. The van der Waals surface area contributed by atoms with Gasteiger partial charge in [0.15, 0.2) is 0 Å². The highest BCUT2D eigenvalue weighted by molar-refractivity contribution is 5.12. The van der Waals surface area contributed by atoms with E-state index in [1.54, 1.807) is 20.8 Å². The number of hydrogen-bond acceptors (Lipinski definition) is 1. The van der Waals surface area contributed by atoms with Gasteiger partial charge in [-0.25, -0.2) is 0 Å². The van der Waals surface area contributed by atoms with Crippen LogP contribution >= 0.6 is 0 Å². The second-order valence-corrected chi connectivity index (χ2v) is 3.56. The number of hydrogen-bond donors (Lipinski definition) is 1. The predicted molar refractivity (Wildman–Crippen MR) is 43.5 cm³/mol. The molecule has 0 aromatic carbocycles. The molecule has 1 N–H and O–H groups in total. The Hall–Kier alpha value is -0.480. The fourth-order valence-corrected chi connectivity index (χ4v) is 0.465. The molecule has 0 aliphatic heterocycles. The summed E-state index contributed by atoms with van der Waals surface area (Å²) < 4.78 is 0. The van der Waals surface area contributed by atoms with Gasteiger partial charge in [-0.2, -0.15) is 0 Å². The monoisotopic (exact) mass is 140 g/mol. The van der Waals surface area contributed by atoms with E-state index >= 15 is 0 Å². The van der Waals surface area contributed by atoms with Gasteiger partial charge >= 0.3 is 0 Å². The van der Waals surface area contributed by atoms with Gasteiger partial charge in [0.05, 0.1) is 11.0 Å². The lowest BCUT2D eigenvalue weighted by Gasteiger charge is -2.32. The summed E-state index contributed by atoms with van der Waals surface area (Å²) in [5.74, 6) is 5.77. The van der Waals surface area contributed by atoms with E-state index in [-0.39, 0.29) is 5.41 Å². The van der Waals surface area contributed by atoms with Gasteiger partial charge in [-0.3, -0.25) is 0 Å². The molecule has 0 unspecified atom stereocenters. The minimum Gasteiger partial charge on any atom is -0.389 e. The average Bonchev–Trinajstić information content (AvgIpc) is 1.61. The van der Waals surface area contributed by atoms with Crippen LogP contribution in [0.2, 0.25) is 0 Å². The van der Waals surface area contributed by atoms with Crippen molar-refractivity contribution in [3.8, 4) is 11.8 Å². The van der Waals surface area contributed by atoms with Crippen molar-refractivity contribution in [2.24, 2.45) is 5.41 Å². The van der Waals surface area contributed by atoms with E-state index < -0.39 is 5.60 Å². The standard InChI is InChI=1S/C9H16O/c1-6-7-8(2,3)9(4,5)10/h10H,1-5H3. The summed E-state index contributed by atoms with van der Waals surface area (Å²) >= 11 is 0. The SMILES string of the molecule is CC#CC(C)(C)C(C)(C)O. The fourth-order valence-electron chi connectivity index (χ4n) is 0.465. The molecular formula is C9H16O. The molecule has 10 heavy (non-hydrogen) atoms. The highest BCUT2D eigenvalue weighted by Gasteiger charge is 2.32. The molecule has 0 spiro atoms. The molecule has 58 valence electrons. The third kappa shape index (κ3) is 2.04. The van der Waals surface area contributed by atoms with Crippen LogP contribution in [0.25, 0.3) is 0 Å². The predicted octanol–water partition coefficient (Wildman–Crippen LogP) is 1.81. The Balaban J connectivity index is 4.51. The second-order valence-electron chi connectivity index (χ2n) is 3.56. The van der Waals surface area contributed by atoms with E-state index in [0.717, 1.165) is 0 Å². The third-order valence-electron chi connectivity index (χ3n) is 1.97. The minimum absolute atomic E-state index is 0.318. The van der Waals surface area contributed by atoms with E-state index in [1.165, 1.54) is 0 Å². The summed E-state index contributed by atoms with van der Waals surface area (Å²) in [5, 5.41) is 9.57. The van der Waals surface area contributed by atoms with Crippen LogP contribution < -0.4 is 0 Å². The lowest BCUT2D eigenvalue weighted by atomic mass is 9.78. The summed E-state index contributed by atoms with van der Waals surface area (Å²) in [4.78, 5) is 0. The van der Waals surface area contributed by atoms with Crippen molar-refractivity contribution >= 4 is 0 Å². The zero-order valence-electron chi connectivity index (χ0n) is 7.45. The molecule has 0 rings (SSSR count). The topological polar surface area (TPSA) is 20.2 Å². The smallest absolute Gasteiger partial charge is 0.0751 e. The van der Waals surface area contributed by atoms with Crippen LogP contribution in [0.15, 0.2) is 0 Å². The van der Waals surface area contributed by atoms with Gasteiger partial charge in [0.25, 0.3) is 0 Å². The van der Waals surface area contributed by atoms with Gasteiger partial charge in [0.2, 0.25) is 0 Å². The summed E-state index contributed by atoms with van der Waals surface area (Å²) in [7, 11) is 0. The maximum Gasteiger partial charge on any atom is 0.0751 e. The fraction of sp³-hybridized carbons (Fsp3) is 0.778. The van der Waals surface area contributed by atoms with E-state index in [4.69, 9.17) is 0 Å². The van der Waals surface area contributed by atoms with E-state index in [1.807, 2.05) is 13.8 Å². The highest BCUT2D eigenvalue weighted by Crippen LogP contribution is 2.28. The van der Waals surface area contributed by atoms with E-state index in [2.05, 4.69) is 11.8 Å². The summed E-state index contributed by atoms with van der Waals surface area (Å²) in [6.07, 6.45) is 0. The molecule has 1 nitrogen and oxygen atoms in total. The van der Waals surface area contributed by atoms with Crippen LogP contribution in [0, 0.1) is 17.3 Å². The molecule has 0 aliphatic rings. The van der Waals surface area contributed by atoms with Gasteiger partial charge in [-0.05, 0) is 34.6 Å². The van der Waals surface area contributed by atoms with Gasteiger partial charge in [0, 0.05) is 0 Å². The van der Waals surface area contributed by atoms with Crippen molar-refractivity contribution in [3.05, 3.63) is 0 Å². The first-order chi connectivity index (χ1) is 4.31. The number of aliphatic hydroxyl groups is 1. The highest BCUT2D eigenvalue weighted by atomic mass is 16.3. The Kier molecular flexibility index (Phi) is 2.51. The molecule has 0 aliphatic carbocycles. The first-order valence-electron chi connectivity index (χ1n) is 3.47. The lowest BCUT2D eigenvalue weighted by molar-refractivity contribution is -0.00217. The molecule has 0 aromatic rings. The van der Waals surface area contributed by atoms with Gasteiger partial charge < -0.3 is 5.11 Å². The van der Waals surface area contributed by atoms with Crippen molar-refractivity contribution in [1.29, 1.82) is 0 Å². The third-order valence-corrected chi connectivity index (χ3v) is 1.97. The van der Waals surface area contributed by atoms with Crippen molar-refractivity contribution in [2.75, 3.05) is 0 Å². The van der Waals surface area contributed by atoms with Crippen molar-refractivity contribution in [3.63, 3.8) is 0 Å². The molecule has 1 heteroatoms. The molecule has 0 amide bonds. The Bertz CT molecular complexity index is 161. The lowest BCUT2D eigenvalue weighted by Crippen LogP contribution is -2.37. The van der Waals surface area contributed by atoms with E-state index in [9.17, 15) is 5.11 Å². The van der Waals surface area contributed by atoms with Gasteiger partial charge in [-0.15, -0.1) is 5.92 Å². The first-order valence-corrected chi connectivity index (χ1v) is 3.47. The van der Waals surface area contributed by atoms with Gasteiger partial charge in [-0.1, -0.05) is 5.92 Å². The molecule has 0 aromatic heterocycles. The van der Waals surface area contributed by atoms with Crippen molar-refractivity contribution < 1.29 is 5.11 Å². The summed E-state index contributed by atoms with van der Waals surface area (Å²) in [6.45, 7) is 9.20. The Labute approximate surface area is 63.5 Å². The maximum atomic E-state index is 9.57. The Morgan fingerprint density at radius 3 is 1.60 bits per heavy atom. The summed E-state index contributed by atoms with van der Waals surface area (Å²) in [6, 6.07) is 0. The minimum atomic E-state index is -0.726. The van der Waals surface area contributed by atoms with E-state index in [0.29, 0.717) is 0 Å². The Morgan fingerprint density at radius 1 is 1.10 bits per heavy atom. The quantitative estimate of drug-likeness (QED) is 0.551. The van der Waals surface area contributed by atoms with Crippen molar-refractivity contribution in [1.82, 2.24) is 0 Å².